The highest BCUT2D eigenvalue weighted by Gasteiger charge is 2.01. The molecule has 0 aliphatic carbocycles. The van der Waals surface area contributed by atoms with Crippen molar-refractivity contribution in [1.29, 1.82) is 0 Å². The molecule has 0 amide bonds. The molecule has 0 radical (unpaired) electrons. The van der Waals surface area contributed by atoms with Crippen LogP contribution in [0.15, 0.2) is 12.5 Å². The summed E-state index contributed by atoms with van der Waals surface area (Å²) >= 11 is 0. The average molecular weight is 207 g/mol. The summed E-state index contributed by atoms with van der Waals surface area (Å²) < 4.78 is 3.56. The summed E-state index contributed by atoms with van der Waals surface area (Å²) in [5.41, 5.74) is 0.916. The van der Waals surface area contributed by atoms with Gasteiger partial charge >= 0.3 is 0 Å². The molecule has 0 spiro atoms. The molecule has 0 atom stereocenters. The highest BCUT2D eigenvalue weighted by Crippen LogP contribution is 1.93. The van der Waals surface area contributed by atoms with E-state index in [2.05, 4.69) is 25.8 Å². The van der Waals surface area contributed by atoms with Crippen LogP contribution in [-0.2, 0) is 27.2 Å². The van der Waals surface area contributed by atoms with Crippen molar-refractivity contribution in [1.82, 2.24) is 35.1 Å². The Balaban J connectivity index is 1.83. The van der Waals surface area contributed by atoms with E-state index in [1.807, 2.05) is 24.9 Å². The SMILES string of the molecule is Cn1cc(CNCc2nncn2C)nn1. The highest BCUT2D eigenvalue weighted by atomic mass is 15.4. The number of nitrogens with one attached hydrogen (secondary N) is 1. The first kappa shape index (κ1) is 9.78. The average Bonchev–Trinajstić information content (AvgIpc) is 2.77. The molecule has 1 N–H and O–H groups in total. The van der Waals surface area contributed by atoms with Crippen molar-refractivity contribution in [3.05, 3.63) is 24.0 Å². The maximum absolute atomic E-state index is 3.96. The summed E-state index contributed by atoms with van der Waals surface area (Å²) in [5, 5.41) is 18.8. The zero-order valence-electron chi connectivity index (χ0n) is 8.75. The van der Waals surface area contributed by atoms with Gasteiger partial charge in [-0.2, -0.15) is 0 Å². The summed E-state index contributed by atoms with van der Waals surface area (Å²) in [7, 11) is 3.76. The summed E-state index contributed by atoms with van der Waals surface area (Å²) in [6, 6.07) is 0. The fourth-order valence-electron chi connectivity index (χ4n) is 1.25. The monoisotopic (exact) mass is 207 g/mol. The van der Waals surface area contributed by atoms with Crippen LogP contribution in [0.3, 0.4) is 0 Å². The molecule has 15 heavy (non-hydrogen) atoms. The lowest BCUT2D eigenvalue weighted by molar-refractivity contribution is 0.627. The molecule has 2 aromatic rings. The van der Waals surface area contributed by atoms with Gasteiger partial charge < -0.3 is 9.88 Å². The van der Waals surface area contributed by atoms with Crippen LogP contribution in [0.25, 0.3) is 0 Å². The van der Waals surface area contributed by atoms with E-state index in [1.54, 1.807) is 11.0 Å². The first-order valence-corrected chi connectivity index (χ1v) is 4.64. The fraction of sp³-hybridized carbons (Fsp3) is 0.500. The van der Waals surface area contributed by atoms with Crippen molar-refractivity contribution in [2.24, 2.45) is 14.1 Å². The van der Waals surface area contributed by atoms with E-state index in [-0.39, 0.29) is 0 Å². The molecule has 7 nitrogen and oxygen atoms in total. The summed E-state index contributed by atoms with van der Waals surface area (Å²) in [5.74, 6) is 0.902. The molecular weight excluding hydrogens is 194 g/mol. The van der Waals surface area contributed by atoms with Gasteiger partial charge in [0.25, 0.3) is 0 Å². The van der Waals surface area contributed by atoms with Crippen LogP contribution in [0.5, 0.6) is 0 Å². The van der Waals surface area contributed by atoms with Crippen LogP contribution in [0.2, 0.25) is 0 Å². The Bertz CT molecular complexity index is 430. The third kappa shape index (κ3) is 2.38. The van der Waals surface area contributed by atoms with Gasteiger partial charge in [0.15, 0.2) is 0 Å². The minimum atomic E-state index is 0.674. The van der Waals surface area contributed by atoms with Gasteiger partial charge in [-0.1, -0.05) is 5.21 Å². The zero-order chi connectivity index (χ0) is 10.7. The molecule has 7 heteroatoms. The Labute approximate surface area is 87.1 Å². The van der Waals surface area contributed by atoms with Gasteiger partial charge in [-0.05, 0) is 0 Å². The number of aryl methyl sites for hydroxylation is 2. The number of aromatic nitrogens is 6. The zero-order valence-corrected chi connectivity index (χ0v) is 8.75. The van der Waals surface area contributed by atoms with E-state index in [1.165, 1.54) is 0 Å². The lowest BCUT2D eigenvalue weighted by atomic mass is 10.4. The third-order valence-electron chi connectivity index (χ3n) is 2.04. The normalized spacial score (nSPS) is 10.8. The van der Waals surface area contributed by atoms with Crippen LogP contribution in [0, 0.1) is 0 Å². The van der Waals surface area contributed by atoms with E-state index in [0.29, 0.717) is 13.1 Å². The molecule has 2 rings (SSSR count). The molecule has 2 heterocycles. The largest absolute Gasteiger partial charge is 0.320 e. The highest BCUT2D eigenvalue weighted by molar-refractivity contribution is 4.92. The van der Waals surface area contributed by atoms with E-state index in [9.17, 15) is 0 Å². The van der Waals surface area contributed by atoms with Crippen LogP contribution in [0.1, 0.15) is 11.5 Å². The van der Waals surface area contributed by atoms with E-state index in [4.69, 9.17) is 0 Å². The molecule has 0 aliphatic rings. The molecule has 0 bridgehead atoms. The van der Waals surface area contributed by atoms with Crippen molar-refractivity contribution in [2.45, 2.75) is 13.1 Å². The van der Waals surface area contributed by atoms with Crippen LogP contribution in [-0.4, -0.2) is 29.8 Å². The molecule has 0 saturated carbocycles. The Morgan fingerprint density at radius 1 is 1.27 bits per heavy atom. The predicted molar refractivity (Wildman–Crippen MR) is 52.5 cm³/mol. The van der Waals surface area contributed by atoms with Gasteiger partial charge in [-0.15, -0.1) is 15.3 Å². The second-order valence-electron chi connectivity index (χ2n) is 3.35. The second kappa shape index (κ2) is 4.18. The number of hydrogen-bond acceptors (Lipinski definition) is 5. The lowest BCUT2D eigenvalue weighted by Gasteiger charge is -2.00. The van der Waals surface area contributed by atoms with Gasteiger partial charge in [0, 0.05) is 26.8 Å². The van der Waals surface area contributed by atoms with Gasteiger partial charge in [0.1, 0.15) is 12.2 Å². The smallest absolute Gasteiger partial charge is 0.146 e. The van der Waals surface area contributed by atoms with Crippen molar-refractivity contribution in [3.63, 3.8) is 0 Å². The molecule has 2 aromatic heterocycles. The van der Waals surface area contributed by atoms with E-state index in [0.717, 1.165) is 11.5 Å². The minimum absolute atomic E-state index is 0.674. The first-order valence-electron chi connectivity index (χ1n) is 4.64. The lowest BCUT2D eigenvalue weighted by Crippen LogP contribution is -2.15. The standard InChI is InChI=1S/C8H13N7/c1-14-6-10-12-8(14)4-9-3-7-5-15(2)13-11-7/h5-6,9H,3-4H2,1-2H3. The van der Waals surface area contributed by atoms with Crippen molar-refractivity contribution in [2.75, 3.05) is 0 Å². The van der Waals surface area contributed by atoms with E-state index < -0.39 is 0 Å². The maximum Gasteiger partial charge on any atom is 0.146 e. The third-order valence-corrected chi connectivity index (χ3v) is 2.04. The molecule has 0 aromatic carbocycles. The first-order chi connectivity index (χ1) is 7.25. The maximum atomic E-state index is 3.96. The van der Waals surface area contributed by atoms with Gasteiger partial charge in [-0.3, -0.25) is 4.68 Å². The van der Waals surface area contributed by atoms with Gasteiger partial charge in [-0.25, -0.2) is 0 Å². The van der Waals surface area contributed by atoms with Gasteiger partial charge in [0.2, 0.25) is 0 Å². The quantitative estimate of drug-likeness (QED) is 0.713. The Hall–Kier alpha value is -1.76. The predicted octanol–water partition coefficient (Wildman–Crippen LogP) is -0.767. The summed E-state index contributed by atoms with van der Waals surface area (Å²) in [4.78, 5) is 0. The Kier molecular flexibility index (Phi) is 2.72. The van der Waals surface area contributed by atoms with Crippen molar-refractivity contribution >= 4 is 0 Å². The number of nitrogens with zero attached hydrogens (tertiary/aromatic N) is 6. The van der Waals surface area contributed by atoms with Crippen LogP contribution in [0.4, 0.5) is 0 Å². The molecular formula is C8H13N7. The van der Waals surface area contributed by atoms with Crippen molar-refractivity contribution in [3.8, 4) is 0 Å². The minimum Gasteiger partial charge on any atom is -0.320 e. The summed E-state index contributed by atoms with van der Waals surface area (Å²) in [6.07, 6.45) is 3.56. The number of hydrogen-bond donors (Lipinski definition) is 1. The Morgan fingerprint density at radius 3 is 2.73 bits per heavy atom. The van der Waals surface area contributed by atoms with Gasteiger partial charge in [0.05, 0.1) is 12.2 Å². The Morgan fingerprint density at radius 2 is 2.13 bits per heavy atom. The fourth-order valence-corrected chi connectivity index (χ4v) is 1.25. The van der Waals surface area contributed by atoms with Crippen LogP contribution >= 0.6 is 0 Å². The second-order valence-corrected chi connectivity index (χ2v) is 3.35. The van der Waals surface area contributed by atoms with Crippen molar-refractivity contribution < 1.29 is 0 Å². The molecule has 0 saturated heterocycles. The number of rotatable bonds is 4. The van der Waals surface area contributed by atoms with Crippen LogP contribution < -0.4 is 5.32 Å². The summed E-state index contributed by atoms with van der Waals surface area (Å²) in [6.45, 7) is 1.35. The molecule has 80 valence electrons. The molecule has 0 aliphatic heterocycles. The topological polar surface area (TPSA) is 73.5 Å². The molecule has 0 fully saturated rings. The molecule has 0 unspecified atom stereocenters. The van der Waals surface area contributed by atoms with E-state index >= 15 is 0 Å².